The Kier molecular flexibility index (Phi) is 2.48. The smallest absolute Gasteiger partial charge is 0.152 e. The summed E-state index contributed by atoms with van der Waals surface area (Å²) in [7, 11) is 2.95. The summed E-state index contributed by atoms with van der Waals surface area (Å²) in [5.41, 5.74) is 1.07. The Morgan fingerprint density at radius 2 is 2.00 bits per heavy atom. The maximum absolute atomic E-state index is 5.75. The largest absolute Gasteiger partial charge is 0.303 e. The molecule has 1 aromatic rings. The molecule has 1 heterocycles. The summed E-state index contributed by atoms with van der Waals surface area (Å²) in [4.78, 5) is 0. The van der Waals surface area contributed by atoms with Crippen LogP contribution in [0, 0.1) is 0 Å². The number of nitrogens with one attached hydrogen (secondary N) is 1. The molecule has 1 aliphatic heterocycles. The first-order chi connectivity index (χ1) is 5.86. The molecule has 1 aromatic carbocycles. The molecule has 0 aromatic heterocycles. The third-order valence-electron chi connectivity index (χ3n) is 1.42. The molecule has 62 valence electrons. The second-order valence-electron chi connectivity index (χ2n) is 2.21. The molecule has 5 heteroatoms. The fraction of sp³-hybridized carbons (Fsp3) is 0. The molecule has 0 atom stereocenters. The number of halogens is 1. The molecular weight excluding hydrogens is 212 g/mol. The third kappa shape index (κ3) is 1.71. The molecule has 0 spiro atoms. The van der Waals surface area contributed by atoms with Gasteiger partial charge in [0, 0.05) is 21.6 Å². The number of nitrogens with zero attached hydrogens (tertiary/aromatic N) is 1. The summed E-state index contributed by atoms with van der Waals surface area (Å²) in [6.45, 7) is 0. The zero-order valence-corrected chi connectivity index (χ0v) is 8.34. The van der Waals surface area contributed by atoms with Crippen LogP contribution in [0.15, 0.2) is 28.7 Å². The molecule has 2 rings (SSSR count). The lowest BCUT2D eigenvalue weighted by Crippen LogP contribution is -2.11. The van der Waals surface area contributed by atoms with E-state index in [4.69, 9.17) is 11.6 Å². The van der Waals surface area contributed by atoms with E-state index in [2.05, 4.69) is 9.12 Å². The van der Waals surface area contributed by atoms with Gasteiger partial charge in [-0.3, -0.25) is 0 Å². The van der Waals surface area contributed by atoms with Gasteiger partial charge in [-0.05, 0) is 24.3 Å². The molecule has 1 aliphatic rings. The van der Waals surface area contributed by atoms with Gasteiger partial charge >= 0.3 is 0 Å². The van der Waals surface area contributed by atoms with E-state index in [1.54, 1.807) is 0 Å². The van der Waals surface area contributed by atoms with Gasteiger partial charge < -0.3 is 4.72 Å². The van der Waals surface area contributed by atoms with Crippen molar-refractivity contribution in [3.8, 4) is 0 Å². The van der Waals surface area contributed by atoms with E-state index in [0.29, 0.717) is 0 Å². The van der Waals surface area contributed by atoms with Gasteiger partial charge in [0.1, 0.15) is 0 Å². The first-order valence-electron chi connectivity index (χ1n) is 3.29. The second-order valence-corrected chi connectivity index (χ2v) is 4.29. The third-order valence-corrected chi connectivity index (χ3v) is 2.98. The first kappa shape index (κ1) is 8.29. The number of rotatable bonds is 1. The molecule has 0 unspecified atom stereocenters. The van der Waals surface area contributed by atoms with E-state index in [1.807, 2.05) is 24.3 Å². The lowest BCUT2D eigenvalue weighted by Gasteiger charge is -1.98. The van der Waals surface area contributed by atoms with E-state index < -0.39 is 0 Å². The van der Waals surface area contributed by atoms with Crippen molar-refractivity contribution < 1.29 is 0 Å². The normalized spacial score (nSPS) is 15.6. The SMILES string of the molecule is Clc1ccc(C2=NSSN2)cc1. The average molecular weight is 217 g/mol. The van der Waals surface area contributed by atoms with Crippen LogP contribution >= 0.6 is 33.6 Å². The number of amidine groups is 1. The highest BCUT2D eigenvalue weighted by atomic mass is 35.5. The molecular formula is C7H5ClN2S2. The molecule has 0 bridgehead atoms. The van der Waals surface area contributed by atoms with E-state index >= 15 is 0 Å². The number of hydrogen-bond donors (Lipinski definition) is 1. The Balaban J connectivity index is 2.28. The van der Waals surface area contributed by atoms with Crippen molar-refractivity contribution in [2.45, 2.75) is 0 Å². The van der Waals surface area contributed by atoms with Crippen molar-refractivity contribution in [1.29, 1.82) is 0 Å². The molecule has 2 nitrogen and oxygen atoms in total. The fourth-order valence-electron chi connectivity index (χ4n) is 0.852. The van der Waals surface area contributed by atoms with E-state index in [1.165, 1.54) is 22.0 Å². The quantitative estimate of drug-likeness (QED) is 0.577. The minimum absolute atomic E-state index is 0.748. The lowest BCUT2D eigenvalue weighted by molar-refractivity contribution is 1.49. The summed E-state index contributed by atoms with van der Waals surface area (Å²) < 4.78 is 7.26. The maximum atomic E-state index is 5.75. The van der Waals surface area contributed by atoms with Crippen LogP contribution in [-0.4, -0.2) is 5.84 Å². The van der Waals surface area contributed by atoms with Gasteiger partial charge in [-0.2, -0.15) is 4.40 Å². The van der Waals surface area contributed by atoms with Gasteiger partial charge in [-0.1, -0.05) is 11.6 Å². The minimum atomic E-state index is 0.748. The summed E-state index contributed by atoms with van der Waals surface area (Å²) in [5.74, 6) is 0.904. The van der Waals surface area contributed by atoms with Gasteiger partial charge in [0.05, 0.1) is 11.0 Å². The van der Waals surface area contributed by atoms with Crippen LogP contribution in [-0.2, 0) is 0 Å². The molecule has 0 radical (unpaired) electrons. The number of benzene rings is 1. The zero-order chi connectivity index (χ0) is 8.39. The van der Waals surface area contributed by atoms with Crippen LogP contribution in [0.1, 0.15) is 5.56 Å². The van der Waals surface area contributed by atoms with Gasteiger partial charge in [0.15, 0.2) is 5.84 Å². The van der Waals surface area contributed by atoms with E-state index in [9.17, 15) is 0 Å². The Hall–Kier alpha value is -0.320. The average Bonchev–Trinajstić information content (AvgIpc) is 2.58. The van der Waals surface area contributed by atoms with Crippen LogP contribution in [0.25, 0.3) is 0 Å². The van der Waals surface area contributed by atoms with Crippen LogP contribution in [0.4, 0.5) is 0 Å². The van der Waals surface area contributed by atoms with Gasteiger partial charge in [-0.15, -0.1) is 0 Å². The predicted octanol–water partition coefficient (Wildman–Crippen LogP) is 2.90. The Bertz CT molecular complexity index is 310. The first-order valence-corrected chi connectivity index (χ1v) is 5.77. The Morgan fingerprint density at radius 3 is 2.58 bits per heavy atom. The minimum Gasteiger partial charge on any atom is -0.303 e. The molecule has 0 aliphatic carbocycles. The predicted molar refractivity (Wildman–Crippen MR) is 56.3 cm³/mol. The van der Waals surface area contributed by atoms with Crippen LogP contribution in [0.5, 0.6) is 0 Å². The highest BCUT2D eigenvalue weighted by Gasteiger charge is 2.08. The van der Waals surface area contributed by atoms with Crippen molar-refractivity contribution in [2.75, 3.05) is 0 Å². The zero-order valence-electron chi connectivity index (χ0n) is 5.95. The highest BCUT2D eigenvalue weighted by Crippen LogP contribution is 2.26. The Morgan fingerprint density at radius 1 is 1.25 bits per heavy atom. The topological polar surface area (TPSA) is 24.4 Å². The van der Waals surface area contributed by atoms with Crippen molar-refractivity contribution in [2.24, 2.45) is 4.40 Å². The number of hydrogen-bond acceptors (Lipinski definition) is 4. The second kappa shape index (κ2) is 3.60. The van der Waals surface area contributed by atoms with E-state index in [0.717, 1.165) is 16.4 Å². The lowest BCUT2D eigenvalue weighted by atomic mass is 10.2. The molecule has 12 heavy (non-hydrogen) atoms. The van der Waals surface area contributed by atoms with Crippen LogP contribution < -0.4 is 4.72 Å². The maximum Gasteiger partial charge on any atom is 0.152 e. The fourth-order valence-corrected chi connectivity index (χ4v) is 2.26. The van der Waals surface area contributed by atoms with Crippen molar-refractivity contribution in [3.05, 3.63) is 34.9 Å². The van der Waals surface area contributed by atoms with Gasteiger partial charge in [0.25, 0.3) is 0 Å². The summed E-state index contributed by atoms with van der Waals surface area (Å²) in [6.07, 6.45) is 0. The molecule has 1 N–H and O–H groups in total. The summed E-state index contributed by atoms with van der Waals surface area (Å²) >= 11 is 5.75. The van der Waals surface area contributed by atoms with Crippen LogP contribution in [0.2, 0.25) is 5.02 Å². The molecule has 0 saturated carbocycles. The van der Waals surface area contributed by atoms with Crippen molar-refractivity contribution in [1.82, 2.24) is 4.72 Å². The Labute approximate surface area is 83.5 Å². The van der Waals surface area contributed by atoms with Gasteiger partial charge in [0.2, 0.25) is 0 Å². The van der Waals surface area contributed by atoms with Crippen molar-refractivity contribution >= 4 is 39.4 Å². The standard InChI is InChI=1S/C7H5ClN2S2/c8-6-3-1-5(2-4-6)7-9-11-12-10-7/h1-4H,(H,9,10). The molecule has 0 saturated heterocycles. The molecule has 0 amide bonds. The van der Waals surface area contributed by atoms with Crippen LogP contribution in [0.3, 0.4) is 0 Å². The van der Waals surface area contributed by atoms with Crippen molar-refractivity contribution in [3.63, 3.8) is 0 Å². The van der Waals surface area contributed by atoms with Gasteiger partial charge in [-0.25, -0.2) is 0 Å². The monoisotopic (exact) mass is 216 g/mol. The van der Waals surface area contributed by atoms with E-state index in [-0.39, 0.29) is 0 Å². The highest BCUT2D eigenvalue weighted by molar-refractivity contribution is 8.76. The summed E-state index contributed by atoms with van der Waals surface area (Å²) in [5, 5.41) is 0.748. The molecule has 0 fully saturated rings. The summed E-state index contributed by atoms with van der Waals surface area (Å²) in [6, 6.07) is 7.60.